The minimum atomic E-state index is -0.987. The first-order valence-electron chi connectivity index (χ1n) is 10.4. The maximum absolute atomic E-state index is 12.1. The van der Waals surface area contributed by atoms with Crippen molar-refractivity contribution >= 4 is 60.2 Å². The molecule has 0 spiro atoms. The largest absolute Gasteiger partial charge is 0.457 e. The Morgan fingerprint density at radius 3 is 2.09 bits per heavy atom. The monoisotopic (exact) mass is 492 g/mol. The summed E-state index contributed by atoms with van der Waals surface area (Å²) in [6, 6.07) is 20.0. The molecule has 1 aliphatic carbocycles. The van der Waals surface area contributed by atoms with Crippen LogP contribution in [0.1, 0.15) is 37.2 Å². The predicted molar refractivity (Wildman–Crippen MR) is 127 cm³/mol. The second-order valence-electron chi connectivity index (χ2n) is 8.08. The van der Waals surface area contributed by atoms with Crippen molar-refractivity contribution in [1.29, 1.82) is 0 Å². The summed E-state index contributed by atoms with van der Waals surface area (Å²) in [5.74, 6) is -1.00. The van der Waals surface area contributed by atoms with Crippen LogP contribution in [0.2, 0.25) is 0 Å². The van der Waals surface area contributed by atoms with Crippen LogP contribution in [0.4, 0.5) is 0 Å². The normalized spacial score (nSPS) is 22.6. The Morgan fingerprint density at radius 2 is 1.41 bits per heavy atom. The van der Waals surface area contributed by atoms with E-state index in [9.17, 15) is 14.7 Å². The van der Waals surface area contributed by atoms with E-state index < -0.39 is 35.1 Å². The molecule has 5 rings (SSSR count). The van der Waals surface area contributed by atoms with E-state index >= 15 is 0 Å². The van der Waals surface area contributed by atoms with Crippen molar-refractivity contribution in [3.05, 3.63) is 71.8 Å². The Kier molecular flexibility index (Phi) is 5.14. The molecule has 162 valence electrons. The molecule has 4 aromatic carbocycles. The lowest BCUT2D eigenvalue weighted by Crippen LogP contribution is -2.43. The smallest absolute Gasteiger partial charge is 0.303 e. The van der Waals surface area contributed by atoms with E-state index in [1.807, 2.05) is 48.5 Å². The molecule has 1 N–H and O–H groups in total. The fourth-order valence-corrected chi connectivity index (χ4v) is 5.58. The zero-order chi connectivity index (χ0) is 22.6. The molecule has 1 aliphatic rings. The molecule has 0 saturated carbocycles. The Labute approximate surface area is 193 Å². The van der Waals surface area contributed by atoms with Crippen molar-refractivity contribution in [2.24, 2.45) is 0 Å². The third kappa shape index (κ3) is 3.17. The number of fused-ring (bicyclic) bond motifs is 8. The Hall–Kier alpha value is -2.96. The van der Waals surface area contributed by atoms with Crippen LogP contribution < -0.4 is 0 Å². The van der Waals surface area contributed by atoms with E-state index in [1.54, 1.807) is 0 Å². The highest BCUT2D eigenvalue weighted by molar-refractivity contribution is 9.09. The molecule has 0 saturated heterocycles. The van der Waals surface area contributed by atoms with Crippen LogP contribution in [0.5, 0.6) is 0 Å². The van der Waals surface area contributed by atoms with Crippen molar-refractivity contribution in [2.75, 3.05) is 0 Å². The molecule has 4 atom stereocenters. The van der Waals surface area contributed by atoms with Gasteiger partial charge in [-0.2, -0.15) is 0 Å². The van der Waals surface area contributed by atoms with Crippen molar-refractivity contribution in [1.82, 2.24) is 0 Å². The van der Waals surface area contributed by atoms with E-state index in [-0.39, 0.29) is 0 Å². The molecular formula is C26H21BrO5. The number of alkyl halides is 1. The fraction of sp³-hybridized carbons (Fsp3) is 0.231. The molecule has 0 heterocycles. The number of hydrogen-bond acceptors (Lipinski definition) is 5. The lowest BCUT2D eigenvalue weighted by atomic mass is 9.78. The number of carbonyl (C=O) groups excluding carboxylic acids is 2. The molecule has 0 fully saturated rings. The minimum Gasteiger partial charge on any atom is -0.457 e. The van der Waals surface area contributed by atoms with Gasteiger partial charge in [-0.1, -0.05) is 76.6 Å². The van der Waals surface area contributed by atoms with Gasteiger partial charge in [-0.15, -0.1) is 0 Å². The molecule has 5 nitrogen and oxygen atoms in total. The van der Waals surface area contributed by atoms with Gasteiger partial charge in [-0.05, 0) is 37.9 Å². The molecule has 0 aromatic heterocycles. The van der Waals surface area contributed by atoms with Crippen LogP contribution in [-0.4, -0.2) is 28.0 Å². The standard InChI is InChI=1S/C26H21BrO5/c1-13(28)31-25-21-18-10-6-5-9-17(18)19-12-11-15-7-3-4-8-16(15)20(19)22(21)24(30)23(27)26(25)32-14(2)29/h3-12,23-26,30H,1-2H3/t23-,24+,25+,26+/m1/s1. The minimum absolute atomic E-state index is 0.490. The van der Waals surface area contributed by atoms with Gasteiger partial charge in [-0.25, -0.2) is 0 Å². The first kappa shape index (κ1) is 20.9. The number of esters is 2. The molecule has 0 bridgehead atoms. The Balaban J connectivity index is 1.98. The Morgan fingerprint density at radius 1 is 0.781 bits per heavy atom. The Bertz CT molecular complexity index is 1400. The van der Waals surface area contributed by atoms with E-state index in [1.165, 1.54) is 13.8 Å². The number of carbonyl (C=O) groups is 2. The van der Waals surface area contributed by atoms with Gasteiger partial charge in [0.05, 0.1) is 10.9 Å². The average Bonchev–Trinajstić information content (AvgIpc) is 2.78. The lowest BCUT2D eigenvalue weighted by molar-refractivity contribution is -0.169. The molecule has 0 radical (unpaired) electrons. The van der Waals surface area contributed by atoms with E-state index in [0.717, 1.165) is 32.3 Å². The molecule has 6 heteroatoms. The van der Waals surface area contributed by atoms with Crippen molar-refractivity contribution < 1.29 is 24.2 Å². The van der Waals surface area contributed by atoms with Gasteiger partial charge >= 0.3 is 11.9 Å². The van der Waals surface area contributed by atoms with Gasteiger partial charge in [0.25, 0.3) is 0 Å². The van der Waals surface area contributed by atoms with Crippen LogP contribution in [0.25, 0.3) is 32.3 Å². The quantitative estimate of drug-likeness (QED) is 0.227. The summed E-state index contributed by atoms with van der Waals surface area (Å²) >= 11 is 3.54. The third-order valence-corrected chi connectivity index (χ3v) is 7.11. The number of halogens is 1. The van der Waals surface area contributed by atoms with Crippen molar-refractivity contribution in [3.63, 3.8) is 0 Å². The predicted octanol–water partition coefficient (Wildman–Crippen LogP) is 5.49. The van der Waals surface area contributed by atoms with Crippen LogP contribution in [0.15, 0.2) is 60.7 Å². The maximum Gasteiger partial charge on any atom is 0.303 e. The van der Waals surface area contributed by atoms with Gasteiger partial charge < -0.3 is 14.6 Å². The van der Waals surface area contributed by atoms with Crippen LogP contribution in [-0.2, 0) is 19.1 Å². The summed E-state index contributed by atoms with van der Waals surface area (Å²) in [6.07, 6.45) is -2.73. The first-order valence-corrected chi connectivity index (χ1v) is 11.3. The van der Waals surface area contributed by atoms with E-state index in [4.69, 9.17) is 9.47 Å². The summed E-state index contributed by atoms with van der Waals surface area (Å²) in [7, 11) is 0. The summed E-state index contributed by atoms with van der Waals surface area (Å²) in [5, 5.41) is 17.3. The van der Waals surface area contributed by atoms with Crippen molar-refractivity contribution in [3.8, 4) is 0 Å². The second kappa shape index (κ2) is 7.87. The molecule has 4 aromatic rings. The maximum atomic E-state index is 12.1. The molecule has 32 heavy (non-hydrogen) atoms. The first-order chi connectivity index (χ1) is 15.4. The molecule has 0 amide bonds. The zero-order valence-electron chi connectivity index (χ0n) is 17.5. The van der Waals surface area contributed by atoms with Gasteiger partial charge in [-0.3, -0.25) is 9.59 Å². The molecule has 0 aliphatic heterocycles. The second-order valence-corrected chi connectivity index (χ2v) is 9.13. The van der Waals surface area contributed by atoms with Gasteiger partial charge in [0.15, 0.2) is 12.2 Å². The summed E-state index contributed by atoms with van der Waals surface area (Å²) < 4.78 is 11.3. The molecular weight excluding hydrogens is 472 g/mol. The number of aliphatic hydroxyl groups is 1. The highest BCUT2D eigenvalue weighted by Gasteiger charge is 2.47. The number of aliphatic hydroxyl groups excluding tert-OH is 1. The number of hydrogen-bond donors (Lipinski definition) is 1. The van der Waals surface area contributed by atoms with Gasteiger partial charge in [0, 0.05) is 19.4 Å². The lowest BCUT2D eigenvalue weighted by Gasteiger charge is -2.40. The van der Waals surface area contributed by atoms with Gasteiger partial charge in [0.1, 0.15) is 0 Å². The van der Waals surface area contributed by atoms with Crippen LogP contribution in [0, 0.1) is 0 Å². The van der Waals surface area contributed by atoms with E-state index in [0.29, 0.717) is 11.1 Å². The molecule has 0 unspecified atom stereocenters. The highest BCUT2D eigenvalue weighted by Crippen LogP contribution is 2.51. The fourth-order valence-electron chi connectivity index (χ4n) is 4.93. The van der Waals surface area contributed by atoms with Gasteiger partial charge in [0.2, 0.25) is 0 Å². The third-order valence-electron chi connectivity index (χ3n) is 6.09. The summed E-state index contributed by atoms with van der Waals surface area (Å²) in [5.41, 5.74) is 1.36. The van der Waals surface area contributed by atoms with Crippen molar-refractivity contribution in [2.45, 2.75) is 37.0 Å². The zero-order valence-corrected chi connectivity index (χ0v) is 19.1. The highest BCUT2D eigenvalue weighted by atomic mass is 79.9. The average molecular weight is 493 g/mol. The summed E-state index contributed by atoms with van der Waals surface area (Å²) in [4.78, 5) is 23.3. The summed E-state index contributed by atoms with van der Waals surface area (Å²) in [6.45, 7) is 2.63. The van der Waals surface area contributed by atoms with Crippen LogP contribution >= 0.6 is 15.9 Å². The SMILES string of the molecule is CC(=O)O[C@H]1[C@H](Br)[C@@H](O)c2c(c3ccccc3c3ccc4ccccc4c23)[C@@H]1OC(C)=O. The number of ether oxygens (including phenoxy) is 2. The topological polar surface area (TPSA) is 72.8 Å². The van der Waals surface area contributed by atoms with E-state index in [2.05, 4.69) is 28.1 Å². The number of benzene rings is 4. The van der Waals surface area contributed by atoms with Crippen LogP contribution in [0.3, 0.4) is 0 Å². The number of rotatable bonds is 2.